The first kappa shape index (κ1) is 19.7. The van der Waals surface area contributed by atoms with Crippen LogP contribution in [0.25, 0.3) is 22.2 Å². The van der Waals surface area contributed by atoms with Gasteiger partial charge < -0.3 is 5.32 Å². The Kier molecular flexibility index (Phi) is 4.95. The van der Waals surface area contributed by atoms with Crippen molar-refractivity contribution in [3.05, 3.63) is 66.4 Å². The molecule has 10 heteroatoms. The molecule has 1 aliphatic heterocycles. The number of benzene rings is 1. The maximum atomic E-state index is 14.5. The first-order valence-electron chi connectivity index (χ1n) is 9.76. The van der Waals surface area contributed by atoms with Crippen molar-refractivity contribution in [1.29, 1.82) is 0 Å². The molecule has 158 valence electrons. The molecule has 5 rings (SSSR count). The maximum Gasteiger partial charge on any atom is 0.163 e. The zero-order chi connectivity index (χ0) is 21.4. The summed E-state index contributed by atoms with van der Waals surface area (Å²) in [6, 6.07) is 12.5. The monoisotopic (exact) mass is 437 g/mol. The molecule has 0 bridgehead atoms. The topological polar surface area (TPSA) is 99.7 Å². The number of nitrogens with one attached hydrogen (secondary N) is 2. The lowest BCUT2D eigenvalue weighted by atomic mass is 9.77. The second-order valence-electron chi connectivity index (χ2n) is 7.63. The number of fused-ring (bicyclic) bond motifs is 1. The molecule has 4 aromatic rings. The summed E-state index contributed by atoms with van der Waals surface area (Å²) in [4.78, 5) is 4.27. The Balaban J connectivity index is 1.44. The molecular formula is C21H20FN7OS. The number of hydrogen-bond donors (Lipinski definition) is 2. The minimum Gasteiger partial charge on any atom is -0.315 e. The molecule has 1 aliphatic rings. The first-order valence-corrected chi connectivity index (χ1v) is 11.3. The van der Waals surface area contributed by atoms with Gasteiger partial charge in [0.15, 0.2) is 5.82 Å². The van der Waals surface area contributed by atoms with Gasteiger partial charge in [-0.3, -0.25) is 14.4 Å². The summed E-state index contributed by atoms with van der Waals surface area (Å²) in [6.45, 7) is 1.40. The molecule has 0 spiro atoms. The number of anilines is 1. The molecule has 0 saturated carbocycles. The Bertz CT molecular complexity index is 1260. The Morgan fingerprint density at radius 3 is 2.74 bits per heavy atom. The molecule has 1 fully saturated rings. The highest BCUT2D eigenvalue weighted by Crippen LogP contribution is 2.32. The van der Waals surface area contributed by atoms with Crippen molar-refractivity contribution in [3.8, 4) is 11.3 Å². The lowest BCUT2D eigenvalue weighted by Gasteiger charge is -2.44. The van der Waals surface area contributed by atoms with E-state index in [1.807, 2.05) is 24.3 Å². The van der Waals surface area contributed by atoms with Crippen molar-refractivity contribution in [2.24, 2.45) is 0 Å². The van der Waals surface area contributed by atoms with Crippen LogP contribution in [0, 0.1) is 5.82 Å². The molecule has 0 aliphatic carbocycles. The lowest BCUT2D eigenvalue weighted by molar-refractivity contribution is 0.269. The number of pyridine rings is 1. The van der Waals surface area contributed by atoms with E-state index >= 15 is 0 Å². The van der Waals surface area contributed by atoms with Gasteiger partial charge in [0, 0.05) is 43.0 Å². The van der Waals surface area contributed by atoms with Crippen LogP contribution < -0.4 is 9.62 Å². The molecule has 4 heterocycles. The number of hydrogen-bond acceptors (Lipinski definition) is 6. The van der Waals surface area contributed by atoms with Gasteiger partial charge in [-0.05, 0) is 36.4 Å². The molecule has 1 atom stereocenters. The van der Waals surface area contributed by atoms with E-state index in [4.69, 9.17) is 0 Å². The largest absolute Gasteiger partial charge is 0.315 e. The van der Waals surface area contributed by atoms with E-state index in [0.717, 1.165) is 16.5 Å². The SMILES string of the molecule is CS(=O)N(CC1(c2ncccc2F)CNC1)c1ccc(-c2ccc3[nH]ncc3c2)nn1. The highest BCUT2D eigenvalue weighted by atomic mass is 32.2. The summed E-state index contributed by atoms with van der Waals surface area (Å²) in [5, 5.41) is 19.8. The zero-order valence-electron chi connectivity index (χ0n) is 16.7. The summed E-state index contributed by atoms with van der Waals surface area (Å²) in [7, 11) is -1.37. The maximum absolute atomic E-state index is 14.5. The summed E-state index contributed by atoms with van der Waals surface area (Å²) in [5.74, 6) is 0.110. The number of aromatic amines is 1. The fourth-order valence-electron chi connectivity index (χ4n) is 3.85. The standard InChI is InChI=1S/C21H20FN7OS/c1-31(30)29(13-21(11-23-12-21)20-16(22)3-2-8-24-20)19-7-6-17(27-28-19)14-4-5-18-15(9-14)10-25-26-18/h2-10,23H,11-13H2,1H3,(H,25,26). The van der Waals surface area contributed by atoms with E-state index in [9.17, 15) is 8.60 Å². The summed E-state index contributed by atoms with van der Waals surface area (Å²) < 4.78 is 28.7. The number of nitrogens with zero attached hydrogens (tertiary/aromatic N) is 5. The fraction of sp³-hybridized carbons (Fsp3) is 0.238. The Labute approximate surface area is 180 Å². The smallest absolute Gasteiger partial charge is 0.163 e. The molecule has 1 unspecified atom stereocenters. The average Bonchev–Trinajstić information content (AvgIpc) is 3.22. The highest BCUT2D eigenvalue weighted by molar-refractivity contribution is 7.85. The van der Waals surface area contributed by atoms with Crippen molar-refractivity contribution in [3.63, 3.8) is 0 Å². The van der Waals surface area contributed by atoms with Gasteiger partial charge in [-0.2, -0.15) is 5.10 Å². The number of aromatic nitrogens is 5. The van der Waals surface area contributed by atoms with Crippen molar-refractivity contribution >= 4 is 27.7 Å². The summed E-state index contributed by atoms with van der Waals surface area (Å²) in [6.07, 6.45) is 4.92. The molecule has 1 saturated heterocycles. The van der Waals surface area contributed by atoms with E-state index in [0.29, 0.717) is 36.8 Å². The third-order valence-corrected chi connectivity index (χ3v) is 6.52. The van der Waals surface area contributed by atoms with Crippen LogP contribution in [0.3, 0.4) is 0 Å². The van der Waals surface area contributed by atoms with Crippen LogP contribution in [0.1, 0.15) is 5.69 Å². The average molecular weight is 438 g/mol. The number of H-pyrrole nitrogens is 1. The van der Waals surface area contributed by atoms with Crippen LogP contribution in [0.2, 0.25) is 0 Å². The Morgan fingerprint density at radius 2 is 2.06 bits per heavy atom. The van der Waals surface area contributed by atoms with Crippen LogP contribution in [-0.4, -0.2) is 55.5 Å². The predicted octanol–water partition coefficient (Wildman–Crippen LogP) is 2.20. The van der Waals surface area contributed by atoms with Gasteiger partial charge in [0.2, 0.25) is 0 Å². The van der Waals surface area contributed by atoms with Gasteiger partial charge in [-0.1, -0.05) is 6.07 Å². The molecule has 31 heavy (non-hydrogen) atoms. The van der Waals surface area contributed by atoms with Crippen molar-refractivity contribution in [1.82, 2.24) is 30.7 Å². The van der Waals surface area contributed by atoms with E-state index in [2.05, 4.69) is 30.7 Å². The van der Waals surface area contributed by atoms with Gasteiger partial charge in [-0.25, -0.2) is 8.60 Å². The van der Waals surface area contributed by atoms with Crippen molar-refractivity contribution in [2.45, 2.75) is 5.41 Å². The minimum absolute atomic E-state index is 0.312. The number of halogens is 1. The second kappa shape index (κ2) is 7.78. The highest BCUT2D eigenvalue weighted by Gasteiger charge is 2.44. The number of rotatable bonds is 6. The fourth-order valence-corrected chi connectivity index (χ4v) is 4.64. The van der Waals surface area contributed by atoms with E-state index < -0.39 is 16.4 Å². The molecule has 1 aromatic carbocycles. The van der Waals surface area contributed by atoms with Crippen LogP contribution in [0.4, 0.5) is 10.2 Å². The van der Waals surface area contributed by atoms with Gasteiger partial charge in [0.1, 0.15) is 16.8 Å². The second-order valence-corrected chi connectivity index (χ2v) is 8.92. The normalized spacial score (nSPS) is 16.1. The minimum atomic E-state index is -1.37. The third-order valence-electron chi connectivity index (χ3n) is 5.59. The molecule has 3 aromatic heterocycles. The molecule has 8 nitrogen and oxygen atoms in total. The predicted molar refractivity (Wildman–Crippen MR) is 117 cm³/mol. The summed E-state index contributed by atoms with van der Waals surface area (Å²) >= 11 is 0. The van der Waals surface area contributed by atoms with Gasteiger partial charge in [0.05, 0.1) is 28.5 Å². The Morgan fingerprint density at radius 1 is 1.19 bits per heavy atom. The van der Waals surface area contributed by atoms with E-state index in [1.54, 1.807) is 35.1 Å². The van der Waals surface area contributed by atoms with Crippen LogP contribution in [0.5, 0.6) is 0 Å². The Hall–Kier alpha value is -3.24. The van der Waals surface area contributed by atoms with Gasteiger partial charge >= 0.3 is 0 Å². The van der Waals surface area contributed by atoms with Crippen molar-refractivity contribution in [2.75, 3.05) is 30.2 Å². The zero-order valence-corrected chi connectivity index (χ0v) is 17.6. The van der Waals surface area contributed by atoms with Gasteiger partial charge in [-0.15, -0.1) is 10.2 Å². The van der Waals surface area contributed by atoms with E-state index in [1.165, 1.54) is 6.07 Å². The third kappa shape index (κ3) is 3.57. The van der Waals surface area contributed by atoms with E-state index in [-0.39, 0.29) is 5.82 Å². The van der Waals surface area contributed by atoms with Crippen LogP contribution >= 0.6 is 0 Å². The summed E-state index contributed by atoms with van der Waals surface area (Å²) in [5.41, 5.74) is 2.35. The van der Waals surface area contributed by atoms with Crippen molar-refractivity contribution < 1.29 is 8.60 Å². The molecule has 2 N–H and O–H groups in total. The molecular weight excluding hydrogens is 417 g/mol. The molecule has 0 radical (unpaired) electrons. The quantitative estimate of drug-likeness (QED) is 0.480. The molecule has 0 amide bonds. The van der Waals surface area contributed by atoms with Crippen LogP contribution in [0.15, 0.2) is 54.9 Å². The van der Waals surface area contributed by atoms with Gasteiger partial charge in [0.25, 0.3) is 0 Å². The first-order chi connectivity index (χ1) is 15.1. The lowest BCUT2D eigenvalue weighted by Crippen LogP contribution is -2.63. The van der Waals surface area contributed by atoms with Crippen LogP contribution in [-0.2, 0) is 16.4 Å².